The van der Waals surface area contributed by atoms with Crippen molar-refractivity contribution in [1.82, 2.24) is 4.90 Å². The van der Waals surface area contributed by atoms with Crippen LogP contribution >= 0.6 is 0 Å². The summed E-state index contributed by atoms with van der Waals surface area (Å²) in [7, 11) is 0. The minimum atomic E-state index is -0.579. The molecular formula is C15H18N2O2. The molecule has 2 amide bonds. The van der Waals surface area contributed by atoms with Crippen LogP contribution in [-0.2, 0) is 9.59 Å². The molecule has 19 heavy (non-hydrogen) atoms. The van der Waals surface area contributed by atoms with Crippen molar-refractivity contribution in [2.45, 2.75) is 45.3 Å². The zero-order valence-electron chi connectivity index (χ0n) is 11.5. The summed E-state index contributed by atoms with van der Waals surface area (Å²) in [5, 5.41) is 0. The van der Waals surface area contributed by atoms with Gasteiger partial charge < -0.3 is 4.90 Å². The lowest BCUT2D eigenvalue weighted by molar-refractivity contribution is -0.133. The molecule has 0 radical (unpaired) electrons. The highest BCUT2D eigenvalue weighted by Crippen LogP contribution is 2.41. The summed E-state index contributed by atoms with van der Waals surface area (Å²) >= 11 is 0. The molecule has 2 aliphatic heterocycles. The van der Waals surface area contributed by atoms with Crippen LogP contribution in [-0.4, -0.2) is 28.4 Å². The molecule has 0 N–H and O–H groups in total. The molecule has 1 atom stereocenters. The molecule has 0 saturated carbocycles. The number of carbonyl (C=O) groups excluding carboxylic acids is 2. The highest BCUT2D eigenvalue weighted by atomic mass is 16.2. The first kappa shape index (κ1) is 12.2. The standard InChI is InChI=1S/C15H18N2O2/c1-10-4-6-11(7-5-10)16-14(19)12-8-9-13(18)17(12)15(16,2)3/h4-7,12H,8-9H2,1-3H3. The molecule has 0 bridgehead atoms. The van der Waals surface area contributed by atoms with Crippen molar-refractivity contribution in [3.8, 4) is 0 Å². The van der Waals surface area contributed by atoms with Crippen molar-refractivity contribution < 1.29 is 9.59 Å². The monoisotopic (exact) mass is 258 g/mol. The molecular weight excluding hydrogens is 240 g/mol. The van der Waals surface area contributed by atoms with Gasteiger partial charge in [0.15, 0.2) is 0 Å². The van der Waals surface area contributed by atoms with E-state index >= 15 is 0 Å². The van der Waals surface area contributed by atoms with Gasteiger partial charge in [-0.05, 0) is 39.3 Å². The summed E-state index contributed by atoms with van der Waals surface area (Å²) in [5.41, 5.74) is 1.44. The van der Waals surface area contributed by atoms with E-state index in [4.69, 9.17) is 0 Å². The van der Waals surface area contributed by atoms with Gasteiger partial charge in [-0.25, -0.2) is 0 Å². The van der Waals surface area contributed by atoms with Crippen LogP contribution in [0.2, 0.25) is 0 Å². The Labute approximate surface area is 113 Å². The second-order valence-corrected chi connectivity index (χ2v) is 5.82. The zero-order valence-corrected chi connectivity index (χ0v) is 11.5. The lowest BCUT2D eigenvalue weighted by Crippen LogP contribution is -2.51. The first-order valence-electron chi connectivity index (χ1n) is 6.66. The van der Waals surface area contributed by atoms with Gasteiger partial charge in [0.25, 0.3) is 5.91 Å². The summed E-state index contributed by atoms with van der Waals surface area (Å²) in [5.74, 6) is 0.123. The summed E-state index contributed by atoms with van der Waals surface area (Å²) in [6.07, 6.45) is 1.13. The maximum atomic E-state index is 12.6. The van der Waals surface area contributed by atoms with Gasteiger partial charge in [-0.15, -0.1) is 0 Å². The third-order valence-electron chi connectivity index (χ3n) is 4.15. The van der Waals surface area contributed by atoms with Crippen LogP contribution in [0.15, 0.2) is 24.3 Å². The second-order valence-electron chi connectivity index (χ2n) is 5.82. The highest BCUT2D eigenvalue weighted by molar-refractivity contribution is 6.05. The van der Waals surface area contributed by atoms with Crippen molar-refractivity contribution in [1.29, 1.82) is 0 Å². The van der Waals surface area contributed by atoms with Crippen molar-refractivity contribution in [2.75, 3.05) is 4.90 Å². The van der Waals surface area contributed by atoms with Gasteiger partial charge in [0.05, 0.1) is 0 Å². The molecule has 2 heterocycles. The fourth-order valence-electron chi connectivity index (χ4n) is 3.27. The second kappa shape index (κ2) is 3.83. The van der Waals surface area contributed by atoms with Gasteiger partial charge >= 0.3 is 0 Å². The van der Waals surface area contributed by atoms with E-state index in [9.17, 15) is 9.59 Å². The fraction of sp³-hybridized carbons (Fsp3) is 0.467. The van der Waals surface area contributed by atoms with Gasteiger partial charge in [-0.1, -0.05) is 17.7 Å². The molecule has 1 aromatic carbocycles. The number of hydrogen-bond acceptors (Lipinski definition) is 2. The fourth-order valence-corrected chi connectivity index (χ4v) is 3.27. The number of anilines is 1. The number of carbonyl (C=O) groups is 2. The van der Waals surface area contributed by atoms with E-state index in [1.54, 1.807) is 9.80 Å². The third-order valence-corrected chi connectivity index (χ3v) is 4.15. The average molecular weight is 258 g/mol. The van der Waals surface area contributed by atoms with Crippen molar-refractivity contribution in [3.63, 3.8) is 0 Å². The van der Waals surface area contributed by atoms with Crippen LogP contribution in [0.25, 0.3) is 0 Å². The zero-order chi connectivity index (χ0) is 13.8. The largest absolute Gasteiger partial charge is 0.308 e. The Morgan fingerprint density at radius 3 is 2.37 bits per heavy atom. The summed E-state index contributed by atoms with van der Waals surface area (Å²) in [6.45, 7) is 5.89. The molecule has 0 aromatic heterocycles. The topological polar surface area (TPSA) is 40.6 Å². The first-order valence-corrected chi connectivity index (χ1v) is 6.66. The summed E-state index contributed by atoms with van der Waals surface area (Å²) < 4.78 is 0. The number of benzene rings is 1. The van der Waals surface area contributed by atoms with E-state index in [-0.39, 0.29) is 17.9 Å². The maximum Gasteiger partial charge on any atom is 0.251 e. The van der Waals surface area contributed by atoms with Gasteiger partial charge in [0, 0.05) is 12.1 Å². The molecule has 2 saturated heterocycles. The predicted molar refractivity (Wildman–Crippen MR) is 72.6 cm³/mol. The van der Waals surface area contributed by atoms with Gasteiger partial charge in [0.2, 0.25) is 5.91 Å². The van der Waals surface area contributed by atoms with E-state index < -0.39 is 5.66 Å². The van der Waals surface area contributed by atoms with Crippen LogP contribution in [0.4, 0.5) is 5.69 Å². The minimum Gasteiger partial charge on any atom is -0.308 e. The number of hydrogen-bond donors (Lipinski definition) is 0. The quantitative estimate of drug-likeness (QED) is 0.773. The van der Waals surface area contributed by atoms with Gasteiger partial charge in [0.1, 0.15) is 11.7 Å². The minimum absolute atomic E-state index is 0.0414. The van der Waals surface area contributed by atoms with Crippen molar-refractivity contribution in [3.05, 3.63) is 29.8 Å². The number of aryl methyl sites for hydroxylation is 1. The maximum absolute atomic E-state index is 12.6. The Kier molecular flexibility index (Phi) is 2.46. The molecule has 1 aromatic rings. The molecule has 2 aliphatic rings. The summed E-state index contributed by atoms with van der Waals surface area (Å²) in [4.78, 5) is 28.1. The first-order chi connectivity index (χ1) is 8.93. The van der Waals surface area contributed by atoms with Crippen LogP contribution in [0.3, 0.4) is 0 Å². The van der Waals surface area contributed by atoms with Crippen molar-refractivity contribution >= 4 is 17.5 Å². The predicted octanol–water partition coefficient (Wildman–Crippen LogP) is 2.07. The van der Waals surface area contributed by atoms with E-state index in [1.165, 1.54) is 0 Å². The molecule has 1 unspecified atom stereocenters. The highest BCUT2D eigenvalue weighted by Gasteiger charge is 2.56. The third kappa shape index (κ3) is 1.59. The molecule has 3 rings (SSSR count). The normalized spacial score (nSPS) is 25.1. The SMILES string of the molecule is Cc1ccc(N2C(=O)C3CCC(=O)N3C2(C)C)cc1. The lowest BCUT2D eigenvalue weighted by Gasteiger charge is -2.37. The lowest BCUT2D eigenvalue weighted by atomic mass is 10.1. The van der Waals surface area contributed by atoms with Gasteiger partial charge in [-0.3, -0.25) is 14.5 Å². The molecule has 2 fully saturated rings. The molecule has 0 aliphatic carbocycles. The van der Waals surface area contributed by atoms with E-state index in [1.807, 2.05) is 45.0 Å². The van der Waals surface area contributed by atoms with Crippen LogP contribution in [0, 0.1) is 6.92 Å². The van der Waals surface area contributed by atoms with Crippen molar-refractivity contribution in [2.24, 2.45) is 0 Å². The molecule has 100 valence electrons. The molecule has 4 nitrogen and oxygen atoms in total. The molecule has 4 heteroatoms. The number of rotatable bonds is 1. The van der Waals surface area contributed by atoms with Gasteiger partial charge in [-0.2, -0.15) is 0 Å². The van der Waals surface area contributed by atoms with E-state index in [0.29, 0.717) is 12.8 Å². The Morgan fingerprint density at radius 1 is 1.16 bits per heavy atom. The van der Waals surface area contributed by atoms with E-state index in [2.05, 4.69) is 0 Å². The Bertz CT molecular complexity index is 548. The number of amides is 2. The molecule has 0 spiro atoms. The summed E-state index contributed by atoms with van der Waals surface area (Å²) in [6, 6.07) is 7.60. The van der Waals surface area contributed by atoms with Crippen LogP contribution in [0.5, 0.6) is 0 Å². The van der Waals surface area contributed by atoms with E-state index in [0.717, 1.165) is 11.3 Å². The Morgan fingerprint density at radius 2 is 1.79 bits per heavy atom. The van der Waals surface area contributed by atoms with Crippen LogP contribution in [0.1, 0.15) is 32.3 Å². The average Bonchev–Trinajstić information content (AvgIpc) is 2.82. The number of fused-ring (bicyclic) bond motifs is 1. The smallest absolute Gasteiger partial charge is 0.251 e. The Balaban J connectivity index is 2.05. The number of nitrogens with zero attached hydrogens (tertiary/aromatic N) is 2. The van der Waals surface area contributed by atoms with Crippen LogP contribution < -0.4 is 4.90 Å². The Hall–Kier alpha value is -1.84.